The molecule has 20 heavy (non-hydrogen) atoms. The van der Waals surface area contributed by atoms with Crippen LogP contribution in [0.5, 0.6) is 0 Å². The second-order valence-electron chi connectivity index (χ2n) is 4.19. The SMILES string of the molecule is COCCCSCC(=O)Nc1nc2ccc(N)cc2s1. The van der Waals surface area contributed by atoms with E-state index in [9.17, 15) is 4.79 Å². The average Bonchev–Trinajstić information content (AvgIpc) is 2.79. The lowest BCUT2D eigenvalue weighted by Gasteiger charge is -2.01. The van der Waals surface area contributed by atoms with Gasteiger partial charge in [0.1, 0.15) is 0 Å². The molecule has 0 spiro atoms. The number of nitrogen functional groups attached to an aromatic ring is 1. The van der Waals surface area contributed by atoms with Gasteiger partial charge < -0.3 is 15.8 Å². The lowest BCUT2D eigenvalue weighted by molar-refractivity contribution is -0.113. The van der Waals surface area contributed by atoms with E-state index in [4.69, 9.17) is 10.5 Å². The van der Waals surface area contributed by atoms with Gasteiger partial charge in [0, 0.05) is 19.4 Å². The Balaban J connectivity index is 1.83. The quantitative estimate of drug-likeness (QED) is 0.607. The van der Waals surface area contributed by atoms with Crippen molar-refractivity contribution in [2.75, 3.05) is 36.3 Å². The smallest absolute Gasteiger partial charge is 0.236 e. The van der Waals surface area contributed by atoms with Gasteiger partial charge in [0.25, 0.3) is 0 Å². The number of aromatic nitrogens is 1. The molecule has 0 fully saturated rings. The predicted octanol–water partition coefficient (Wildman–Crippen LogP) is 2.59. The van der Waals surface area contributed by atoms with E-state index in [0.717, 1.165) is 29.0 Å². The molecule has 0 unspecified atom stereocenters. The van der Waals surface area contributed by atoms with Crippen LogP contribution in [0.4, 0.5) is 10.8 Å². The predicted molar refractivity (Wildman–Crippen MR) is 86.5 cm³/mol. The summed E-state index contributed by atoms with van der Waals surface area (Å²) in [6, 6.07) is 5.53. The first-order valence-electron chi connectivity index (χ1n) is 6.21. The summed E-state index contributed by atoms with van der Waals surface area (Å²) in [5.41, 5.74) is 7.27. The number of methoxy groups -OCH3 is 1. The number of benzene rings is 1. The van der Waals surface area contributed by atoms with E-state index in [-0.39, 0.29) is 5.91 Å². The molecule has 3 N–H and O–H groups in total. The van der Waals surface area contributed by atoms with Crippen LogP contribution in [0.3, 0.4) is 0 Å². The fraction of sp³-hybridized carbons (Fsp3) is 0.385. The molecule has 0 radical (unpaired) electrons. The highest BCUT2D eigenvalue weighted by atomic mass is 32.2. The van der Waals surface area contributed by atoms with E-state index in [1.807, 2.05) is 12.1 Å². The number of carbonyl (C=O) groups is 1. The minimum Gasteiger partial charge on any atom is -0.399 e. The summed E-state index contributed by atoms with van der Waals surface area (Å²) in [7, 11) is 1.68. The molecule has 0 atom stereocenters. The Morgan fingerprint density at radius 3 is 3.20 bits per heavy atom. The van der Waals surface area contributed by atoms with Crippen LogP contribution in [0.25, 0.3) is 10.2 Å². The van der Waals surface area contributed by atoms with Gasteiger partial charge in [-0.15, -0.1) is 0 Å². The molecule has 0 saturated carbocycles. The van der Waals surface area contributed by atoms with Crippen molar-refractivity contribution in [3.8, 4) is 0 Å². The van der Waals surface area contributed by atoms with Crippen molar-refractivity contribution in [3.63, 3.8) is 0 Å². The molecule has 108 valence electrons. The van der Waals surface area contributed by atoms with Crippen molar-refractivity contribution in [2.24, 2.45) is 0 Å². The third-order valence-corrected chi connectivity index (χ3v) is 4.51. The van der Waals surface area contributed by atoms with Gasteiger partial charge in [-0.25, -0.2) is 4.98 Å². The van der Waals surface area contributed by atoms with Crippen molar-refractivity contribution in [3.05, 3.63) is 18.2 Å². The number of hydrogen-bond donors (Lipinski definition) is 2. The van der Waals surface area contributed by atoms with Crippen LogP contribution in [0.1, 0.15) is 6.42 Å². The molecule has 0 aliphatic rings. The van der Waals surface area contributed by atoms with Crippen molar-refractivity contribution in [1.29, 1.82) is 0 Å². The van der Waals surface area contributed by atoms with Gasteiger partial charge in [-0.3, -0.25) is 4.79 Å². The summed E-state index contributed by atoms with van der Waals surface area (Å²) in [5.74, 6) is 1.32. The molecule has 0 saturated heterocycles. The van der Waals surface area contributed by atoms with Gasteiger partial charge in [0.2, 0.25) is 5.91 Å². The van der Waals surface area contributed by atoms with Crippen molar-refractivity contribution < 1.29 is 9.53 Å². The number of thiazole rings is 1. The molecule has 2 aromatic rings. The Morgan fingerprint density at radius 2 is 2.40 bits per heavy atom. The summed E-state index contributed by atoms with van der Waals surface area (Å²) in [6.45, 7) is 0.730. The van der Waals surface area contributed by atoms with E-state index in [0.29, 0.717) is 16.6 Å². The normalized spacial score (nSPS) is 10.8. The lowest BCUT2D eigenvalue weighted by Crippen LogP contribution is -2.14. The molecular formula is C13H17N3O2S2. The number of anilines is 2. The van der Waals surface area contributed by atoms with Gasteiger partial charge in [-0.05, 0) is 30.4 Å². The average molecular weight is 311 g/mol. The molecule has 1 heterocycles. The zero-order valence-electron chi connectivity index (χ0n) is 11.2. The standard InChI is InChI=1S/C13H17N3O2S2/c1-18-5-2-6-19-8-12(17)16-13-15-10-4-3-9(14)7-11(10)20-13/h3-4,7H,2,5-6,8,14H2,1H3,(H,15,16,17). The maximum Gasteiger partial charge on any atom is 0.236 e. The number of rotatable bonds is 7. The highest BCUT2D eigenvalue weighted by Crippen LogP contribution is 2.27. The summed E-state index contributed by atoms with van der Waals surface area (Å²) in [5, 5.41) is 3.44. The van der Waals surface area contributed by atoms with E-state index in [1.54, 1.807) is 24.9 Å². The maximum atomic E-state index is 11.8. The number of nitrogens with one attached hydrogen (secondary N) is 1. The topological polar surface area (TPSA) is 77.2 Å². The van der Waals surface area contributed by atoms with Crippen molar-refractivity contribution in [1.82, 2.24) is 4.98 Å². The number of nitrogens with zero attached hydrogens (tertiary/aromatic N) is 1. The molecule has 1 amide bonds. The Bertz CT molecular complexity index is 586. The van der Waals surface area contributed by atoms with E-state index >= 15 is 0 Å². The number of hydrogen-bond acceptors (Lipinski definition) is 6. The Morgan fingerprint density at radius 1 is 1.55 bits per heavy atom. The molecular weight excluding hydrogens is 294 g/mol. The number of nitrogens with two attached hydrogens (primary N) is 1. The zero-order chi connectivity index (χ0) is 14.4. The molecule has 1 aromatic carbocycles. The molecule has 7 heteroatoms. The second kappa shape index (κ2) is 7.47. The first-order chi connectivity index (χ1) is 9.69. The van der Waals surface area contributed by atoms with Crippen LogP contribution in [0.2, 0.25) is 0 Å². The fourth-order valence-electron chi connectivity index (χ4n) is 1.62. The molecule has 0 bridgehead atoms. The molecule has 5 nitrogen and oxygen atoms in total. The van der Waals surface area contributed by atoms with Gasteiger partial charge in [-0.2, -0.15) is 11.8 Å². The van der Waals surface area contributed by atoms with Crippen LogP contribution in [0, 0.1) is 0 Å². The van der Waals surface area contributed by atoms with Crippen LogP contribution < -0.4 is 11.1 Å². The minimum absolute atomic E-state index is 0.0283. The Labute approximate surface area is 125 Å². The highest BCUT2D eigenvalue weighted by Gasteiger charge is 2.08. The third kappa shape index (κ3) is 4.36. The molecule has 0 aliphatic heterocycles. The summed E-state index contributed by atoms with van der Waals surface area (Å²) in [4.78, 5) is 16.1. The Kier molecular flexibility index (Phi) is 5.63. The van der Waals surface area contributed by atoms with E-state index < -0.39 is 0 Å². The Hall–Kier alpha value is -1.31. The van der Waals surface area contributed by atoms with Gasteiger partial charge >= 0.3 is 0 Å². The minimum atomic E-state index is -0.0283. The first-order valence-corrected chi connectivity index (χ1v) is 8.19. The van der Waals surface area contributed by atoms with Gasteiger partial charge in [-0.1, -0.05) is 11.3 Å². The lowest BCUT2D eigenvalue weighted by atomic mass is 10.3. The summed E-state index contributed by atoms with van der Waals surface area (Å²) >= 11 is 3.03. The monoisotopic (exact) mass is 311 g/mol. The second-order valence-corrected chi connectivity index (χ2v) is 6.33. The number of ether oxygens (including phenoxy) is 1. The van der Waals surface area contributed by atoms with Crippen LogP contribution >= 0.6 is 23.1 Å². The largest absolute Gasteiger partial charge is 0.399 e. The number of thioether (sulfide) groups is 1. The van der Waals surface area contributed by atoms with Crippen LogP contribution in [0.15, 0.2) is 18.2 Å². The number of fused-ring (bicyclic) bond motifs is 1. The zero-order valence-corrected chi connectivity index (χ0v) is 12.9. The third-order valence-electron chi connectivity index (χ3n) is 2.53. The van der Waals surface area contributed by atoms with Crippen LogP contribution in [-0.4, -0.2) is 36.1 Å². The molecule has 1 aromatic heterocycles. The number of amides is 1. The fourth-order valence-corrected chi connectivity index (χ4v) is 3.27. The van der Waals surface area contributed by atoms with Gasteiger partial charge in [0.15, 0.2) is 5.13 Å². The first kappa shape index (κ1) is 15.1. The highest BCUT2D eigenvalue weighted by molar-refractivity contribution is 7.99. The van der Waals surface area contributed by atoms with Gasteiger partial charge in [0.05, 0.1) is 16.0 Å². The van der Waals surface area contributed by atoms with Crippen molar-refractivity contribution >= 4 is 50.0 Å². The van der Waals surface area contributed by atoms with E-state index in [2.05, 4.69) is 10.3 Å². The number of carbonyl (C=O) groups excluding carboxylic acids is 1. The van der Waals surface area contributed by atoms with E-state index in [1.165, 1.54) is 11.3 Å². The molecule has 0 aliphatic carbocycles. The molecule has 2 rings (SSSR count). The van der Waals surface area contributed by atoms with Crippen molar-refractivity contribution in [2.45, 2.75) is 6.42 Å². The summed E-state index contributed by atoms with van der Waals surface area (Å²) in [6.07, 6.45) is 0.953. The summed E-state index contributed by atoms with van der Waals surface area (Å²) < 4.78 is 5.94. The van der Waals surface area contributed by atoms with Crippen LogP contribution in [-0.2, 0) is 9.53 Å². The maximum absolute atomic E-state index is 11.8.